The minimum Gasteiger partial charge on any atom is -0.479 e. The second kappa shape index (κ2) is 4.42. The first-order chi connectivity index (χ1) is 5.37. The van der Waals surface area contributed by atoms with Gasteiger partial charge in [-0.1, -0.05) is 20.8 Å². The monoisotopic (exact) mass is 176 g/mol. The summed E-state index contributed by atoms with van der Waals surface area (Å²) in [6.07, 6.45) is -2.87. The van der Waals surface area contributed by atoms with Gasteiger partial charge < -0.3 is 15.3 Å². The standard InChI is InChI=1S/C8H16O4/c1-4(2)5(3)6(9)7(10)8(11)12/h4-7,9-10H,1-3H3,(H,11,12). The highest BCUT2D eigenvalue weighted by Crippen LogP contribution is 2.16. The van der Waals surface area contributed by atoms with Crippen molar-refractivity contribution in [2.45, 2.75) is 33.0 Å². The van der Waals surface area contributed by atoms with Crippen LogP contribution in [-0.2, 0) is 4.79 Å². The zero-order valence-corrected chi connectivity index (χ0v) is 7.56. The van der Waals surface area contributed by atoms with Gasteiger partial charge in [0.2, 0.25) is 0 Å². The molecule has 3 unspecified atom stereocenters. The molecule has 72 valence electrons. The van der Waals surface area contributed by atoms with Gasteiger partial charge in [-0.25, -0.2) is 4.79 Å². The number of rotatable bonds is 4. The summed E-state index contributed by atoms with van der Waals surface area (Å²) >= 11 is 0. The van der Waals surface area contributed by atoms with Crippen molar-refractivity contribution in [1.82, 2.24) is 0 Å². The molecule has 0 aromatic rings. The van der Waals surface area contributed by atoms with E-state index in [0.29, 0.717) is 0 Å². The van der Waals surface area contributed by atoms with Gasteiger partial charge in [-0.3, -0.25) is 0 Å². The second-order valence-corrected chi connectivity index (χ2v) is 3.38. The Bertz CT molecular complexity index is 155. The first-order valence-electron chi connectivity index (χ1n) is 3.96. The molecule has 3 N–H and O–H groups in total. The maximum atomic E-state index is 10.3. The lowest BCUT2D eigenvalue weighted by Gasteiger charge is -2.23. The molecule has 0 spiro atoms. The Kier molecular flexibility index (Phi) is 4.20. The Labute approximate surface area is 71.8 Å². The molecular weight excluding hydrogens is 160 g/mol. The van der Waals surface area contributed by atoms with Crippen molar-refractivity contribution in [2.24, 2.45) is 11.8 Å². The van der Waals surface area contributed by atoms with E-state index in [2.05, 4.69) is 0 Å². The van der Waals surface area contributed by atoms with Crippen molar-refractivity contribution in [1.29, 1.82) is 0 Å². The van der Waals surface area contributed by atoms with Crippen molar-refractivity contribution < 1.29 is 20.1 Å². The molecule has 0 saturated carbocycles. The highest BCUT2D eigenvalue weighted by atomic mass is 16.4. The summed E-state index contributed by atoms with van der Waals surface area (Å²) in [5, 5.41) is 26.6. The largest absolute Gasteiger partial charge is 0.479 e. The fourth-order valence-electron chi connectivity index (χ4n) is 0.828. The first kappa shape index (κ1) is 11.4. The highest BCUT2D eigenvalue weighted by molar-refractivity contribution is 5.72. The summed E-state index contributed by atoms with van der Waals surface area (Å²) in [5.41, 5.74) is 0. The molecule has 0 aliphatic heterocycles. The average Bonchev–Trinajstić information content (AvgIpc) is 2.00. The van der Waals surface area contributed by atoms with Crippen LogP contribution in [-0.4, -0.2) is 33.5 Å². The highest BCUT2D eigenvalue weighted by Gasteiger charge is 2.29. The van der Waals surface area contributed by atoms with E-state index in [9.17, 15) is 9.90 Å². The summed E-state index contributed by atoms with van der Waals surface area (Å²) in [5.74, 6) is -1.46. The van der Waals surface area contributed by atoms with Crippen LogP contribution in [0.3, 0.4) is 0 Å². The maximum Gasteiger partial charge on any atom is 0.335 e. The molecule has 0 rings (SSSR count). The van der Waals surface area contributed by atoms with E-state index in [1.807, 2.05) is 13.8 Å². The summed E-state index contributed by atoms with van der Waals surface area (Å²) in [7, 11) is 0. The fraction of sp³-hybridized carbons (Fsp3) is 0.875. The molecule has 0 aliphatic rings. The van der Waals surface area contributed by atoms with E-state index < -0.39 is 18.2 Å². The van der Waals surface area contributed by atoms with Crippen LogP contribution in [0.15, 0.2) is 0 Å². The predicted molar refractivity (Wildman–Crippen MR) is 43.7 cm³/mol. The Morgan fingerprint density at radius 1 is 1.17 bits per heavy atom. The van der Waals surface area contributed by atoms with Gasteiger partial charge in [0.15, 0.2) is 6.10 Å². The van der Waals surface area contributed by atoms with Gasteiger partial charge in [0.1, 0.15) is 0 Å². The summed E-state index contributed by atoms with van der Waals surface area (Å²) in [6.45, 7) is 5.44. The molecular formula is C8H16O4. The van der Waals surface area contributed by atoms with Gasteiger partial charge in [0.25, 0.3) is 0 Å². The van der Waals surface area contributed by atoms with Crippen LogP contribution in [0, 0.1) is 11.8 Å². The second-order valence-electron chi connectivity index (χ2n) is 3.38. The van der Waals surface area contributed by atoms with Gasteiger partial charge in [0.05, 0.1) is 6.10 Å². The lowest BCUT2D eigenvalue weighted by Crippen LogP contribution is -2.39. The molecule has 0 aromatic carbocycles. The zero-order valence-electron chi connectivity index (χ0n) is 7.56. The molecule has 0 amide bonds. The van der Waals surface area contributed by atoms with Crippen LogP contribution < -0.4 is 0 Å². The molecule has 0 aromatic heterocycles. The lowest BCUT2D eigenvalue weighted by atomic mass is 9.89. The van der Waals surface area contributed by atoms with Crippen molar-refractivity contribution >= 4 is 5.97 Å². The number of carboxylic acid groups (broad SMARTS) is 1. The van der Waals surface area contributed by atoms with E-state index in [1.165, 1.54) is 0 Å². The first-order valence-corrected chi connectivity index (χ1v) is 3.96. The Balaban J connectivity index is 4.18. The van der Waals surface area contributed by atoms with Gasteiger partial charge in [0, 0.05) is 0 Å². The third kappa shape index (κ3) is 2.79. The molecule has 4 heteroatoms. The molecule has 4 nitrogen and oxygen atoms in total. The summed E-state index contributed by atoms with van der Waals surface area (Å²) in [4.78, 5) is 10.3. The fourth-order valence-corrected chi connectivity index (χ4v) is 0.828. The van der Waals surface area contributed by atoms with Crippen LogP contribution in [0.2, 0.25) is 0 Å². The van der Waals surface area contributed by atoms with Crippen LogP contribution in [0.1, 0.15) is 20.8 Å². The van der Waals surface area contributed by atoms with Crippen molar-refractivity contribution in [2.75, 3.05) is 0 Å². The number of hydrogen-bond donors (Lipinski definition) is 3. The van der Waals surface area contributed by atoms with Gasteiger partial charge in [-0.05, 0) is 11.8 Å². The molecule has 0 heterocycles. The van der Waals surface area contributed by atoms with Gasteiger partial charge >= 0.3 is 5.97 Å². The minimum atomic E-state index is -1.68. The molecule has 12 heavy (non-hydrogen) atoms. The molecule has 0 bridgehead atoms. The summed E-state index contributed by atoms with van der Waals surface area (Å²) < 4.78 is 0. The predicted octanol–water partition coefficient (Wildman–Crippen LogP) is 0.0849. The molecule has 0 radical (unpaired) electrons. The number of aliphatic hydroxyl groups excluding tert-OH is 2. The Hall–Kier alpha value is -0.610. The van der Waals surface area contributed by atoms with Crippen LogP contribution in [0.4, 0.5) is 0 Å². The minimum absolute atomic E-state index is 0.147. The molecule has 3 atom stereocenters. The molecule has 0 fully saturated rings. The van der Waals surface area contributed by atoms with E-state index in [0.717, 1.165) is 0 Å². The topological polar surface area (TPSA) is 77.8 Å². The Morgan fingerprint density at radius 3 is 1.83 bits per heavy atom. The summed E-state index contributed by atoms with van der Waals surface area (Å²) in [6, 6.07) is 0. The van der Waals surface area contributed by atoms with Gasteiger partial charge in [-0.15, -0.1) is 0 Å². The van der Waals surface area contributed by atoms with Crippen molar-refractivity contribution in [3.8, 4) is 0 Å². The third-order valence-electron chi connectivity index (χ3n) is 2.17. The normalized spacial score (nSPS) is 18.8. The maximum absolute atomic E-state index is 10.3. The Morgan fingerprint density at radius 2 is 1.58 bits per heavy atom. The van der Waals surface area contributed by atoms with Crippen molar-refractivity contribution in [3.63, 3.8) is 0 Å². The molecule has 0 saturated heterocycles. The number of aliphatic hydroxyl groups is 2. The van der Waals surface area contributed by atoms with Crippen molar-refractivity contribution in [3.05, 3.63) is 0 Å². The average molecular weight is 176 g/mol. The third-order valence-corrected chi connectivity index (χ3v) is 2.17. The van der Waals surface area contributed by atoms with Crippen LogP contribution in [0.5, 0.6) is 0 Å². The van der Waals surface area contributed by atoms with Crippen LogP contribution in [0.25, 0.3) is 0 Å². The smallest absolute Gasteiger partial charge is 0.335 e. The number of carbonyl (C=O) groups is 1. The zero-order chi connectivity index (χ0) is 9.89. The number of carboxylic acids is 1. The quantitative estimate of drug-likeness (QED) is 0.567. The van der Waals surface area contributed by atoms with E-state index in [1.54, 1.807) is 6.92 Å². The van der Waals surface area contributed by atoms with E-state index in [4.69, 9.17) is 10.2 Å². The molecule has 0 aliphatic carbocycles. The number of aliphatic carboxylic acids is 1. The van der Waals surface area contributed by atoms with E-state index >= 15 is 0 Å². The SMILES string of the molecule is CC(C)C(C)C(O)C(O)C(=O)O. The lowest BCUT2D eigenvalue weighted by molar-refractivity contribution is -0.155. The van der Waals surface area contributed by atoms with Gasteiger partial charge in [-0.2, -0.15) is 0 Å². The van der Waals surface area contributed by atoms with Crippen LogP contribution >= 0.6 is 0 Å². The van der Waals surface area contributed by atoms with E-state index in [-0.39, 0.29) is 11.8 Å². The number of hydrogen-bond acceptors (Lipinski definition) is 3.